The first kappa shape index (κ1) is 53.2. The van der Waals surface area contributed by atoms with Crippen LogP contribution in [0, 0.1) is 20.2 Å². The molecule has 10 aromatic rings. The van der Waals surface area contributed by atoms with Crippen LogP contribution in [-0.4, -0.2) is 43.5 Å². The summed E-state index contributed by atoms with van der Waals surface area (Å²) in [4.78, 5) is 46.4. The molecule has 0 fully saturated rings. The molecule has 0 aliphatic rings. The van der Waals surface area contributed by atoms with Gasteiger partial charge < -0.3 is 29.4 Å². The molecular formula is C60H51BBrN6O8. The zero-order valence-electron chi connectivity index (χ0n) is 41.4. The number of non-ortho nitro benzene ring substituents is 2. The van der Waals surface area contributed by atoms with Crippen LogP contribution in [0.1, 0.15) is 68.9 Å². The Hall–Kier alpha value is -9.12. The van der Waals surface area contributed by atoms with Gasteiger partial charge in [-0.25, -0.2) is 0 Å². The van der Waals surface area contributed by atoms with E-state index < -0.39 is 9.85 Å². The predicted molar refractivity (Wildman–Crippen MR) is 301 cm³/mol. The lowest BCUT2D eigenvalue weighted by Crippen LogP contribution is -2.26. The van der Waals surface area contributed by atoms with E-state index in [2.05, 4.69) is 88.9 Å². The first-order valence-corrected chi connectivity index (χ1v) is 25.0. The van der Waals surface area contributed by atoms with E-state index in [1.54, 1.807) is 36.4 Å². The third kappa shape index (κ3) is 13.9. The van der Waals surface area contributed by atoms with Crippen molar-refractivity contribution in [2.75, 3.05) is 0 Å². The van der Waals surface area contributed by atoms with Crippen molar-refractivity contribution >= 4 is 68.6 Å². The Morgan fingerprint density at radius 2 is 0.961 bits per heavy atom. The van der Waals surface area contributed by atoms with Crippen LogP contribution in [0.2, 0.25) is 0 Å². The number of hydrogen-bond acceptors (Lipinski definition) is 8. The van der Waals surface area contributed by atoms with Crippen LogP contribution >= 0.6 is 15.9 Å². The summed E-state index contributed by atoms with van der Waals surface area (Å²) in [7, 11) is 0.662. The van der Waals surface area contributed by atoms with E-state index in [1.807, 2.05) is 123 Å². The molecule has 1 radical (unpaired) electrons. The number of carbonyl (C=O) groups excluding carboxylic acids is 2. The van der Waals surface area contributed by atoms with E-state index in [1.165, 1.54) is 46.5 Å². The first-order chi connectivity index (χ1) is 36.8. The van der Waals surface area contributed by atoms with Gasteiger partial charge in [0, 0.05) is 87.2 Å². The zero-order chi connectivity index (χ0) is 53.6. The summed E-state index contributed by atoms with van der Waals surface area (Å²) in [6.45, 7) is 5.20. The first-order valence-electron chi connectivity index (χ1n) is 24.2. The molecule has 0 saturated carbocycles. The molecule has 379 valence electrons. The van der Waals surface area contributed by atoms with Gasteiger partial charge in [-0.2, -0.15) is 0 Å². The fourth-order valence-electron chi connectivity index (χ4n) is 8.43. The normalized spacial score (nSPS) is 11.5. The Kier molecular flexibility index (Phi) is 17.6. The molecule has 0 unspecified atom stereocenters. The Morgan fingerprint density at radius 3 is 1.38 bits per heavy atom. The van der Waals surface area contributed by atoms with Crippen molar-refractivity contribution in [1.82, 2.24) is 19.8 Å². The van der Waals surface area contributed by atoms with Crippen molar-refractivity contribution in [3.05, 3.63) is 277 Å². The van der Waals surface area contributed by atoms with E-state index in [4.69, 9.17) is 5.02 Å². The van der Waals surface area contributed by atoms with E-state index in [0.717, 1.165) is 50.5 Å². The average molecular weight is 1070 g/mol. The number of hydrogen-bond donors (Lipinski definition) is 3. The maximum atomic E-state index is 12.9. The summed E-state index contributed by atoms with van der Waals surface area (Å²) in [6, 6.07) is 63.4. The summed E-state index contributed by atoms with van der Waals surface area (Å²) in [5.41, 5.74) is 9.71. The smallest absolute Gasteiger partial charge is 0.537 e. The van der Waals surface area contributed by atoms with Crippen LogP contribution in [0.4, 0.5) is 11.4 Å². The molecule has 3 N–H and O–H groups in total. The van der Waals surface area contributed by atoms with Gasteiger partial charge in [0.05, 0.1) is 27.7 Å². The molecule has 0 aliphatic carbocycles. The number of para-hydroxylation sites is 1. The largest absolute Gasteiger partial charge is 0.569 e. The van der Waals surface area contributed by atoms with Gasteiger partial charge in [-0.1, -0.05) is 125 Å². The van der Waals surface area contributed by atoms with Gasteiger partial charge >= 0.3 is 7.69 Å². The van der Waals surface area contributed by atoms with Crippen LogP contribution in [0.15, 0.2) is 223 Å². The number of carbonyl (C=O) groups is 2. The molecule has 0 aliphatic heterocycles. The topological polar surface area (TPSA) is 184 Å². The minimum Gasteiger partial charge on any atom is -0.537 e. The standard InChI is InChI=1S/C30H25N3O3.C24H20BrN3O3.C6H6BO2/c1-21(23-11-14-28(15-12-23)33(35)36)31-30(34)27-13-16-29-26(19-27)17-18-32(29)20-22-7-9-25(10-8-22)24-5-3-2-4-6-24;1-16(18-4-9-22(10-5-18)28(30)31)26-24(29)20-6-11-23-19(14-20)12-13-27(23)15-17-2-7-21(25)8-3-17;8-7-9-6-4-2-1-3-5-6/h2-19,21H,20H2,1H3,(H,31,34);2-14,16H,15H2,1H3,(H,26,29);1-5,8H/t21-;16-;/m00./s1. The second kappa shape index (κ2) is 25.2. The Labute approximate surface area is 448 Å². The minimum atomic E-state index is -0.439. The molecule has 8 aromatic carbocycles. The zero-order valence-corrected chi connectivity index (χ0v) is 43.0. The van der Waals surface area contributed by atoms with Crippen molar-refractivity contribution in [3.8, 4) is 16.9 Å². The number of benzene rings is 8. The third-order valence-electron chi connectivity index (χ3n) is 12.6. The van der Waals surface area contributed by atoms with E-state index in [-0.39, 0.29) is 35.3 Å². The molecule has 2 atom stereocenters. The minimum absolute atomic E-state index is 0.0272. The fraction of sp³-hybridized carbons (Fsp3) is 0.100. The van der Waals surface area contributed by atoms with Gasteiger partial charge in [-0.3, -0.25) is 29.8 Å². The maximum Gasteiger partial charge on any atom is 0.569 e. The van der Waals surface area contributed by atoms with Crippen molar-refractivity contribution in [2.24, 2.45) is 0 Å². The number of aromatic nitrogens is 2. The lowest BCUT2D eigenvalue weighted by molar-refractivity contribution is -0.385. The van der Waals surface area contributed by atoms with E-state index in [9.17, 15) is 29.8 Å². The molecule has 16 heteroatoms. The molecule has 2 aromatic heterocycles. The number of amides is 2. The van der Waals surface area contributed by atoms with Gasteiger partial charge in [0.2, 0.25) is 0 Å². The number of rotatable bonds is 15. The molecule has 0 spiro atoms. The van der Waals surface area contributed by atoms with Crippen molar-refractivity contribution < 1.29 is 29.1 Å². The predicted octanol–water partition coefficient (Wildman–Crippen LogP) is 13.2. The highest BCUT2D eigenvalue weighted by Crippen LogP contribution is 2.25. The summed E-state index contributed by atoms with van der Waals surface area (Å²) in [5, 5.41) is 37.8. The molecule has 76 heavy (non-hydrogen) atoms. The highest BCUT2D eigenvalue weighted by Gasteiger charge is 2.17. The summed E-state index contributed by atoms with van der Waals surface area (Å²) in [6.07, 6.45) is 4.06. The van der Waals surface area contributed by atoms with E-state index in [0.29, 0.717) is 24.6 Å². The van der Waals surface area contributed by atoms with Crippen molar-refractivity contribution in [1.29, 1.82) is 0 Å². The number of nitrogens with zero attached hydrogens (tertiary/aromatic N) is 4. The highest BCUT2D eigenvalue weighted by atomic mass is 79.9. The van der Waals surface area contributed by atoms with Gasteiger partial charge in [0.1, 0.15) is 0 Å². The SMILES string of the molecule is C[C@H](NC(=O)c1ccc2c(ccn2Cc2ccc(-c3ccccc3)cc2)c1)c1ccc([N+](=O)[O-])cc1.C[C@H](NC(=O)c1ccc2c(ccn2Cc2ccc(Br)cc2)c1)c1ccc([N+](=O)[O-])cc1.O[B]Oc1ccccc1. The maximum absolute atomic E-state index is 12.9. The van der Waals surface area contributed by atoms with Gasteiger partial charge in [-0.15, -0.1) is 0 Å². The molecule has 2 amide bonds. The number of halogens is 1. The Balaban J connectivity index is 0.000000174. The molecule has 14 nitrogen and oxygen atoms in total. The average Bonchev–Trinajstić information content (AvgIpc) is 4.05. The summed E-state index contributed by atoms with van der Waals surface area (Å²) in [5.74, 6) is 0.264. The number of nitro groups is 2. The molecular weight excluding hydrogens is 1020 g/mol. The number of nitrogens with one attached hydrogen (secondary N) is 2. The fourth-order valence-corrected chi connectivity index (χ4v) is 8.70. The van der Waals surface area contributed by atoms with E-state index >= 15 is 0 Å². The number of nitro benzene ring substituents is 2. The quantitative estimate of drug-likeness (QED) is 0.0514. The lowest BCUT2D eigenvalue weighted by Gasteiger charge is -2.14. The molecule has 0 saturated heterocycles. The second-order valence-electron chi connectivity index (χ2n) is 17.7. The monoisotopic (exact) mass is 1070 g/mol. The Morgan fingerprint density at radius 1 is 0.553 bits per heavy atom. The van der Waals surface area contributed by atoms with Crippen LogP contribution in [0.3, 0.4) is 0 Å². The Bertz CT molecular complexity index is 3580. The third-order valence-corrected chi connectivity index (χ3v) is 13.1. The van der Waals surface area contributed by atoms with Crippen LogP contribution in [0.25, 0.3) is 32.9 Å². The van der Waals surface area contributed by atoms with Crippen LogP contribution in [-0.2, 0) is 13.1 Å². The van der Waals surface area contributed by atoms with Gasteiger partial charge in [0.25, 0.3) is 23.2 Å². The molecule has 0 bridgehead atoms. The molecule has 10 rings (SSSR count). The highest BCUT2D eigenvalue weighted by molar-refractivity contribution is 9.10. The lowest BCUT2D eigenvalue weighted by atomic mass is 10.0. The molecule has 2 heterocycles. The van der Waals surface area contributed by atoms with Crippen LogP contribution < -0.4 is 15.3 Å². The van der Waals surface area contributed by atoms with Crippen molar-refractivity contribution in [2.45, 2.75) is 39.0 Å². The summed E-state index contributed by atoms with van der Waals surface area (Å²) < 4.78 is 10.0. The van der Waals surface area contributed by atoms with Crippen molar-refractivity contribution in [3.63, 3.8) is 0 Å². The number of fused-ring (bicyclic) bond motifs is 2. The van der Waals surface area contributed by atoms with Gasteiger partial charge in [0.15, 0.2) is 0 Å². The second-order valence-corrected chi connectivity index (χ2v) is 18.7. The summed E-state index contributed by atoms with van der Waals surface area (Å²) >= 11 is 3.45. The van der Waals surface area contributed by atoms with Crippen LogP contribution in [0.5, 0.6) is 5.75 Å². The van der Waals surface area contributed by atoms with Gasteiger partial charge in [-0.05, 0) is 120 Å².